The molecule has 2 heterocycles. The van der Waals surface area contributed by atoms with Crippen LogP contribution in [0, 0.1) is 0 Å². The zero-order valence-electron chi connectivity index (χ0n) is 10.00. The molecule has 0 unspecified atom stereocenters. The standard InChI is InChI=1S/C13H11N3O3/c17-12(16-13-14-4-1-5-15-13)9-2-3-10-11(8-9)19-7-6-18-10/h1-5,8H,6-7H2,(H,14,15,16,17). The molecule has 0 saturated carbocycles. The van der Waals surface area contributed by atoms with Crippen molar-refractivity contribution in [2.75, 3.05) is 18.5 Å². The van der Waals surface area contributed by atoms with Gasteiger partial charge in [-0.05, 0) is 24.3 Å². The summed E-state index contributed by atoms with van der Waals surface area (Å²) in [6.07, 6.45) is 3.12. The normalized spacial score (nSPS) is 12.8. The summed E-state index contributed by atoms with van der Waals surface area (Å²) < 4.78 is 10.8. The van der Waals surface area contributed by atoms with Crippen molar-refractivity contribution in [1.82, 2.24) is 9.97 Å². The van der Waals surface area contributed by atoms with Crippen LogP contribution in [0.5, 0.6) is 11.5 Å². The molecule has 0 saturated heterocycles. The molecule has 0 bridgehead atoms. The molecule has 1 aliphatic rings. The quantitative estimate of drug-likeness (QED) is 0.882. The van der Waals surface area contributed by atoms with E-state index in [1.807, 2.05) is 0 Å². The molecule has 2 aromatic rings. The third-order valence-corrected chi connectivity index (χ3v) is 2.60. The Morgan fingerprint density at radius 3 is 2.63 bits per heavy atom. The first kappa shape index (κ1) is 11.5. The van der Waals surface area contributed by atoms with Gasteiger partial charge >= 0.3 is 0 Å². The van der Waals surface area contributed by atoms with Crippen LogP contribution < -0.4 is 14.8 Å². The van der Waals surface area contributed by atoms with Gasteiger partial charge in [0.25, 0.3) is 5.91 Å². The summed E-state index contributed by atoms with van der Waals surface area (Å²) in [4.78, 5) is 19.9. The Morgan fingerprint density at radius 2 is 1.84 bits per heavy atom. The minimum Gasteiger partial charge on any atom is -0.486 e. The van der Waals surface area contributed by atoms with Crippen molar-refractivity contribution in [3.63, 3.8) is 0 Å². The molecule has 1 aromatic carbocycles. The number of benzene rings is 1. The molecule has 1 amide bonds. The maximum Gasteiger partial charge on any atom is 0.258 e. The molecule has 0 atom stereocenters. The van der Waals surface area contributed by atoms with Gasteiger partial charge in [0, 0.05) is 18.0 Å². The smallest absolute Gasteiger partial charge is 0.258 e. The van der Waals surface area contributed by atoms with E-state index in [2.05, 4.69) is 15.3 Å². The summed E-state index contributed by atoms with van der Waals surface area (Å²) >= 11 is 0. The lowest BCUT2D eigenvalue weighted by molar-refractivity contribution is 0.102. The van der Waals surface area contributed by atoms with Crippen LogP contribution in [0.4, 0.5) is 5.95 Å². The highest BCUT2D eigenvalue weighted by Crippen LogP contribution is 2.30. The number of nitrogens with one attached hydrogen (secondary N) is 1. The summed E-state index contributed by atoms with van der Waals surface area (Å²) in [5, 5.41) is 2.61. The van der Waals surface area contributed by atoms with Crippen molar-refractivity contribution in [3.05, 3.63) is 42.2 Å². The second-order valence-corrected chi connectivity index (χ2v) is 3.88. The highest BCUT2D eigenvalue weighted by atomic mass is 16.6. The van der Waals surface area contributed by atoms with E-state index in [0.717, 1.165) is 0 Å². The number of amides is 1. The lowest BCUT2D eigenvalue weighted by atomic mass is 10.2. The molecule has 0 fully saturated rings. The Kier molecular flexibility index (Phi) is 2.97. The Balaban J connectivity index is 1.80. The lowest BCUT2D eigenvalue weighted by Gasteiger charge is -2.18. The SMILES string of the molecule is O=C(Nc1ncccn1)c1ccc2c(c1)OCCO2. The number of fused-ring (bicyclic) bond motifs is 1. The molecule has 0 aliphatic carbocycles. The van der Waals surface area contributed by atoms with E-state index in [1.54, 1.807) is 36.7 Å². The van der Waals surface area contributed by atoms with Gasteiger partial charge in [0.1, 0.15) is 13.2 Å². The van der Waals surface area contributed by atoms with Crippen LogP contribution in [-0.4, -0.2) is 29.1 Å². The summed E-state index contributed by atoms with van der Waals surface area (Å²) in [5.41, 5.74) is 0.469. The molecular formula is C13H11N3O3. The highest BCUT2D eigenvalue weighted by Gasteiger charge is 2.15. The number of anilines is 1. The number of aromatic nitrogens is 2. The maximum atomic E-state index is 12.0. The van der Waals surface area contributed by atoms with E-state index >= 15 is 0 Å². The van der Waals surface area contributed by atoms with Crippen LogP contribution in [0.2, 0.25) is 0 Å². The number of rotatable bonds is 2. The molecule has 6 heteroatoms. The van der Waals surface area contributed by atoms with Crippen molar-refractivity contribution in [2.24, 2.45) is 0 Å². The molecule has 1 N–H and O–H groups in total. The number of carbonyl (C=O) groups excluding carboxylic acids is 1. The summed E-state index contributed by atoms with van der Waals surface area (Å²) in [7, 11) is 0. The Labute approximate surface area is 109 Å². The average molecular weight is 257 g/mol. The zero-order chi connectivity index (χ0) is 13.1. The first-order valence-corrected chi connectivity index (χ1v) is 5.81. The van der Waals surface area contributed by atoms with E-state index in [1.165, 1.54) is 0 Å². The zero-order valence-corrected chi connectivity index (χ0v) is 10.00. The van der Waals surface area contributed by atoms with Gasteiger partial charge in [-0.2, -0.15) is 0 Å². The Bertz CT molecular complexity index is 601. The van der Waals surface area contributed by atoms with Gasteiger partial charge in [-0.3, -0.25) is 10.1 Å². The van der Waals surface area contributed by atoms with E-state index in [9.17, 15) is 4.79 Å². The summed E-state index contributed by atoms with van der Waals surface area (Å²) in [6.45, 7) is 1.01. The van der Waals surface area contributed by atoms with E-state index in [4.69, 9.17) is 9.47 Å². The molecule has 6 nitrogen and oxygen atoms in total. The fourth-order valence-corrected chi connectivity index (χ4v) is 1.72. The van der Waals surface area contributed by atoms with E-state index in [-0.39, 0.29) is 11.9 Å². The molecule has 1 aliphatic heterocycles. The van der Waals surface area contributed by atoms with Crippen LogP contribution in [0.15, 0.2) is 36.7 Å². The van der Waals surface area contributed by atoms with Crippen molar-refractivity contribution < 1.29 is 14.3 Å². The van der Waals surface area contributed by atoms with Gasteiger partial charge in [-0.1, -0.05) is 0 Å². The van der Waals surface area contributed by atoms with Gasteiger partial charge in [0.2, 0.25) is 5.95 Å². The number of ether oxygens (including phenoxy) is 2. The fourth-order valence-electron chi connectivity index (χ4n) is 1.72. The molecule has 0 spiro atoms. The van der Waals surface area contributed by atoms with Gasteiger partial charge in [0.15, 0.2) is 11.5 Å². The first-order valence-electron chi connectivity index (χ1n) is 5.81. The topological polar surface area (TPSA) is 73.3 Å². The van der Waals surface area contributed by atoms with Crippen LogP contribution in [0.3, 0.4) is 0 Å². The summed E-state index contributed by atoms with van der Waals surface area (Å²) in [6, 6.07) is 6.72. The maximum absolute atomic E-state index is 12.0. The molecular weight excluding hydrogens is 246 g/mol. The number of carbonyl (C=O) groups is 1. The molecule has 1 aromatic heterocycles. The Hall–Kier alpha value is -2.63. The third kappa shape index (κ3) is 2.47. The molecule has 19 heavy (non-hydrogen) atoms. The van der Waals surface area contributed by atoms with Crippen LogP contribution >= 0.6 is 0 Å². The van der Waals surface area contributed by atoms with Crippen LogP contribution in [0.1, 0.15) is 10.4 Å². The monoisotopic (exact) mass is 257 g/mol. The van der Waals surface area contributed by atoms with E-state index < -0.39 is 0 Å². The van der Waals surface area contributed by atoms with Crippen LogP contribution in [0.25, 0.3) is 0 Å². The second-order valence-electron chi connectivity index (χ2n) is 3.88. The third-order valence-electron chi connectivity index (χ3n) is 2.60. The lowest BCUT2D eigenvalue weighted by Crippen LogP contribution is -2.17. The van der Waals surface area contributed by atoms with Crippen molar-refractivity contribution >= 4 is 11.9 Å². The average Bonchev–Trinajstić information content (AvgIpc) is 2.48. The Morgan fingerprint density at radius 1 is 1.11 bits per heavy atom. The number of nitrogens with zero attached hydrogens (tertiary/aromatic N) is 2. The number of hydrogen-bond donors (Lipinski definition) is 1. The van der Waals surface area contributed by atoms with Gasteiger partial charge in [-0.25, -0.2) is 9.97 Å². The van der Waals surface area contributed by atoms with Crippen LogP contribution in [-0.2, 0) is 0 Å². The second kappa shape index (κ2) is 4.93. The molecule has 0 radical (unpaired) electrons. The van der Waals surface area contributed by atoms with Crippen molar-refractivity contribution in [3.8, 4) is 11.5 Å². The largest absolute Gasteiger partial charge is 0.486 e. The molecule has 3 rings (SSSR count). The first-order chi connectivity index (χ1) is 9.33. The highest BCUT2D eigenvalue weighted by molar-refractivity contribution is 6.03. The van der Waals surface area contributed by atoms with Crippen molar-refractivity contribution in [2.45, 2.75) is 0 Å². The molecule has 96 valence electrons. The van der Waals surface area contributed by atoms with Gasteiger partial charge in [0.05, 0.1) is 0 Å². The van der Waals surface area contributed by atoms with E-state index in [0.29, 0.717) is 30.3 Å². The minimum absolute atomic E-state index is 0.266. The summed E-state index contributed by atoms with van der Waals surface area (Å²) in [5.74, 6) is 1.21. The van der Waals surface area contributed by atoms with Crippen molar-refractivity contribution in [1.29, 1.82) is 0 Å². The predicted octanol–water partition coefficient (Wildman–Crippen LogP) is 1.50. The van der Waals surface area contributed by atoms with Gasteiger partial charge < -0.3 is 9.47 Å². The fraction of sp³-hybridized carbons (Fsp3) is 0.154. The van der Waals surface area contributed by atoms with Gasteiger partial charge in [-0.15, -0.1) is 0 Å². The minimum atomic E-state index is -0.289. The number of hydrogen-bond acceptors (Lipinski definition) is 5. The predicted molar refractivity (Wildman–Crippen MR) is 67.4 cm³/mol.